The van der Waals surface area contributed by atoms with Crippen LogP contribution in [0.25, 0.3) is 0 Å². The smallest absolute Gasteiger partial charge is 0.0783 e. The Bertz CT molecular complexity index is 462. The van der Waals surface area contributed by atoms with E-state index in [1.807, 2.05) is 30.0 Å². The van der Waals surface area contributed by atoms with Crippen molar-refractivity contribution in [1.29, 1.82) is 0 Å². The Morgan fingerprint density at radius 1 is 1.45 bits per heavy atom. The molecule has 0 aromatic heterocycles. The maximum absolute atomic E-state index is 6.48. The van der Waals surface area contributed by atoms with Crippen LogP contribution in [0, 0.1) is 5.92 Å². The van der Waals surface area contributed by atoms with Crippen LogP contribution >= 0.6 is 23.4 Å². The molecule has 2 nitrogen and oxygen atoms in total. The van der Waals surface area contributed by atoms with Crippen LogP contribution < -0.4 is 5.73 Å². The highest BCUT2D eigenvalue weighted by Gasteiger charge is 2.41. The molecule has 1 aromatic rings. The van der Waals surface area contributed by atoms with Crippen molar-refractivity contribution in [3.63, 3.8) is 0 Å². The van der Waals surface area contributed by atoms with Crippen LogP contribution in [0.5, 0.6) is 0 Å². The zero-order valence-corrected chi connectivity index (χ0v) is 13.3. The van der Waals surface area contributed by atoms with Gasteiger partial charge in [-0.15, -0.1) is 0 Å². The van der Waals surface area contributed by atoms with Crippen LogP contribution in [0.2, 0.25) is 5.02 Å². The van der Waals surface area contributed by atoms with E-state index in [9.17, 15) is 0 Å². The monoisotopic (exact) mass is 311 g/mol. The fourth-order valence-electron chi connectivity index (χ4n) is 3.38. The van der Waals surface area contributed by atoms with Gasteiger partial charge in [-0.25, -0.2) is 0 Å². The molecule has 0 bridgehead atoms. The van der Waals surface area contributed by atoms with Crippen LogP contribution in [0.1, 0.15) is 24.8 Å². The highest BCUT2D eigenvalue weighted by atomic mass is 35.5. The van der Waals surface area contributed by atoms with Gasteiger partial charge in [0.2, 0.25) is 0 Å². The van der Waals surface area contributed by atoms with Crippen molar-refractivity contribution in [2.75, 3.05) is 18.1 Å². The fraction of sp³-hybridized carbons (Fsp3) is 0.625. The van der Waals surface area contributed by atoms with Gasteiger partial charge in [-0.05, 0) is 49.0 Å². The predicted molar refractivity (Wildman–Crippen MR) is 86.5 cm³/mol. The van der Waals surface area contributed by atoms with Gasteiger partial charge in [0, 0.05) is 23.4 Å². The third-order valence-electron chi connectivity index (χ3n) is 4.62. The molecule has 1 aromatic carbocycles. The molecule has 3 rings (SSSR count). The first-order valence-electron chi connectivity index (χ1n) is 7.39. The van der Waals surface area contributed by atoms with Crippen molar-refractivity contribution in [3.8, 4) is 0 Å². The zero-order chi connectivity index (χ0) is 14.0. The molecule has 20 heavy (non-hydrogen) atoms. The summed E-state index contributed by atoms with van der Waals surface area (Å²) < 4.78 is 6.08. The van der Waals surface area contributed by atoms with Crippen molar-refractivity contribution in [2.24, 2.45) is 11.7 Å². The number of ether oxygens (including phenoxy) is 1. The van der Waals surface area contributed by atoms with Gasteiger partial charge < -0.3 is 10.5 Å². The summed E-state index contributed by atoms with van der Waals surface area (Å²) >= 11 is 8.26. The van der Waals surface area contributed by atoms with E-state index in [4.69, 9.17) is 22.1 Å². The van der Waals surface area contributed by atoms with Crippen LogP contribution in [0.3, 0.4) is 0 Å². The lowest BCUT2D eigenvalue weighted by molar-refractivity contribution is -0.0831. The number of thioether (sulfide) groups is 1. The lowest BCUT2D eigenvalue weighted by Crippen LogP contribution is -2.46. The first kappa shape index (κ1) is 14.7. The minimum Gasteiger partial charge on any atom is -0.374 e. The Morgan fingerprint density at radius 2 is 2.30 bits per heavy atom. The quantitative estimate of drug-likeness (QED) is 0.927. The van der Waals surface area contributed by atoms with Crippen molar-refractivity contribution in [2.45, 2.75) is 37.3 Å². The van der Waals surface area contributed by atoms with E-state index in [2.05, 4.69) is 6.07 Å². The molecule has 2 aliphatic rings. The molecular formula is C16H22ClNOS. The molecule has 4 heteroatoms. The molecule has 2 heterocycles. The maximum Gasteiger partial charge on any atom is 0.0783 e. The average molecular weight is 312 g/mol. The minimum absolute atomic E-state index is 0.117. The van der Waals surface area contributed by atoms with E-state index in [1.165, 1.54) is 17.7 Å². The summed E-state index contributed by atoms with van der Waals surface area (Å²) in [4.78, 5) is 0. The second-order valence-corrected chi connectivity index (χ2v) is 7.56. The predicted octanol–water partition coefficient (Wildman–Crippen LogP) is 3.51. The van der Waals surface area contributed by atoms with Gasteiger partial charge in [0.15, 0.2) is 0 Å². The number of hydrogen-bond acceptors (Lipinski definition) is 3. The molecule has 0 amide bonds. The van der Waals surface area contributed by atoms with Crippen LogP contribution in [0.4, 0.5) is 0 Å². The molecule has 0 aliphatic carbocycles. The summed E-state index contributed by atoms with van der Waals surface area (Å²) in [7, 11) is 0. The lowest BCUT2D eigenvalue weighted by atomic mass is 9.80. The first-order valence-corrected chi connectivity index (χ1v) is 8.92. The standard InChI is InChI=1S/C16H22ClNOS/c17-14-4-2-1-3-12(14)9-15(18)13-5-7-19-16(10-13)6-8-20-11-16/h1-4,13,15H,5-11,18H2. The van der Waals surface area contributed by atoms with Crippen molar-refractivity contribution in [3.05, 3.63) is 34.9 Å². The molecule has 110 valence electrons. The number of rotatable bonds is 3. The summed E-state index contributed by atoms with van der Waals surface area (Å²) in [5.74, 6) is 2.92. The SMILES string of the molecule is NC(Cc1ccccc1Cl)C1CCOC2(CCSC2)C1. The molecular weight excluding hydrogens is 290 g/mol. The number of hydrogen-bond donors (Lipinski definition) is 1. The van der Waals surface area contributed by atoms with Gasteiger partial charge in [-0.3, -0.25) is 0 Å². The van der Waals surface area contributed by atoms with E-state index < -0.39 is 0 Å². The minimum atomic E-state index is 0.117. The Balaban J connectivity index is 1.65. The Labute approximate surface area is 130 Å². The molecule has 0 saturated carbocycles. The summed E-state index contributed by atoms with van der Waals surface area (Å²) in [6, 6.07) is 8.22. The Kier molecular flexibility index (Phi) is 4.61. The van der Waals surface area contributed by atoms with Crippen molar-refractivity contribution < 1.29 is 4.74 Å². The van der Waals surface area contributed by atoms with Crippen molar-refractivity contribution in [1.82, 2.24) is 0 Å². The third-order valence-corrected chi connectivity index (χ3v) is 6.21. The van der Waals surface area contributed by atoms with Crippen LogP contribution in [0.15, 0.2) is 24.3 Å². The van der Waals surface area contributed by atoms with E-state index >= 15 is 0 Å². The second-order valence-electron chi connectivity index (χ2n) is 6.05. The summed E-state index contributed by atoms with van der Waals surface area (Å²) in [5.41, 5.74) is 7.77. The van der Waals surface area contributed by atoms with Gasteiger partial charge in [0.25, 0.3) is 0 Å². The van der Waals surface area contributed by atoms with Crippen LogP contribution in [-0.2, 0) is 11.2 Å². The molecule has 2 fully saturated rings. The molecule has 2 N–H and O–H groups in total. The highest BCUT2D eigenvalue weighted by Crippen LogP contribution is 2.41. The molecule has 2 saturated heterocycles. The van der Waals surface area contributed by atoms with Crippen molar-refractivity contribution >= 4 is 23.4 Å². The normalized spacial score (nSPS) is 31.6. The van der Waals surface area contributed by atoms with Gasteiger partial charge in [0.05, 0.1) is 5.60 Å². The molecule has 2 aliphatic heterocycles. The number of benzene rings is 1. The van der Waals surface area contributed by atoms with Crippen LogP contribution in [-0.4, -0.2) is 29.8 Å². The maximum atomic E-state index is 6.48. The molecule has 0 radical (unpaired) electrons. The van der Waals surface area contributed by atoms with E-state index in [1.54, 1.807) is 0 Å². The first-order chi connectivity index (χ1) is 9.69. The van der Waals surface area contributed by atoms with E-state index in [-0.39, 0.29) is 11.6 Å². The Hall–Kier alpha value is -0.220. The zero-order valence-electron chi connectivity index (χ0n) is 11.7. The highest BCUT2D eigenvalue weighted by molar-refractivity contribution is 7.99. The molecule has 3 atom stereocenters. The summed E-state index contributed by atoms with van der Waals surface area (Å²) in [6.45, 7) is 0.863. The number of halogens is 1. The average Bonchev–Trinajstić information content (AvgIpc) is 2.89. The second kappa shape index (κ2) is 6.27. The van der Waals surface area contributed by atoms with Gasteiger partial charge >= 0.3 is 0 Å². The van der Waals surface area contributed by atoms with E-state index in [0.29, 0.717) is 5.92 Å². The molecule has 1 spiro atoms. The summed E-state index contributed by atoms with van der Waals surface area (Å²) in [6.07, 6.45) is 4.25. The van der Waals surface area contributed by atoms with Gasteiger partial charge in [0.1, 0.15) is 0 Å². The largest absolute Gasteiger partial charge is 0.374 e. The number of nitrogens with two attached hydrogens (primary N) is 1. The van der Waals surface area contributed by atoms with E-state index in [0.717, 1.165) is 36.6 Å². The van der Waals surface area contributed by atoms with Gasteiger partial charge in [-0.1, -0.05) is 29.8 Å². The Morgan fingerprint density at radius 3 is 3.05 bits per heavy atom. The van der Waals surface area contributed by atoms with Gasteiger partial charge in [-0.2, -0.15) is 11.8 Å². The topological polar surface area (TPSA) is 35.2 Å². The fourth-order valence-corrected chi connectivity index (χ4v) is 4.97. The lowest BCUT2D eigenvalue weighted by Gasteiger charge is -2.40. The summed E-state index contributed by atoms with van der Waals surface area (Å²) in [5, 5.41) is 0.834. The third kappa shape index (κ3) is 3.16. The molecule has 3 unspecified atom stereocenters.